The van der Waals surface area contributed by atoms with E-state index in [0.717, 1.165) is 0 Å². The highest BCUT2D eigenvalue weighted by molar-refractivity contribution is 5.96. The highest BCUT2D eigenvalue weighted by Crippen LogP contribution is 2.12. The standard InChI is InChI=1S/C21H29N5O9/c1-10(21(34)35)24-19(32)15(9-16(23)28)26-20(33)14(8-11-2-4-12(27)5-3-11)25-18(31)13(22)6-7-17(29)30/h2-5,10,13-15,27H,6-9,22H2,1H3,(H2,23,28)(H,24,32)(H,25,31)(H,26,33)(H,29,30)(H,34,35). The number of rotatable bonds is 14. The number of primary amides is 1. The second kappa shape index (κ2) is 13.5. The first-order valence-electron chi connectivity index (χ1n) is 10.5. The minimum Gasteiger partial charge on any atom is -0.508 e. The molecule has 0 aliphatic heterocycles. The van der Waals surface area contributed by atoms with Crippen LogP contribution in [0.3, 0.4) is 0 Å². The van der Waals surface area contributed by atoms with Crippen LogP contribution in [0.5, 0.6) is 5.75 Å². The molecule has 14 nitrogen and oxygen atoms in total. The summed E-state index contributed by atoms with van der Waals surface area (Å²) in [6.45, 7) is 1.18. The quantitative estimate of drug-likeness (QED) is 0.135. The van der Waals surface area contributed by atoms with Gasteiger partial charge in [-0.15, -0.1) is 0 Å². The van der Waals surface area contributed by atoms with Crippen LogP contribution in [0.25, 0.3) is 0 Å². The Balaban J connectivity index is 3.09. The van der Waals surface area contributed by atoms with E-state index in [1.54, 1.807) is 0 Å². The number of phenolic OH excluding ortho intramolecular Hbond substituents is 1. The largest absolute Gasteiger partial charge is 0.508 e. The maximum atomic E-state index is 13.0. The first-order chi connectivity index (χ1) is 16.3. The fraction of sp³-hybridized carbons (Fsp3) is 0.429. The predicted molar refractivity (Wildman–Crippen MR) is 120 cm³/mol. The van der Waals surface area contributed by atoms with Gasteiger partial charge in [0.05, 0.1) is 12.5 Å². The van der Waals surface area contributed by atoms with Crippen LogP contribution in [-0.2, 0) is 35.2 Å². The fourth-order valence-electron chi connectivity index (χ4n) is 2.82. The molecule has 14 heteroatoms. The second-order valence-corrected chi connectivity index (χ2v) is 7.77. The number of amides is 4. The molecule has 0 heterocycles. The Bertz CT molecular complexity index is 951. The van der Waals surface area contributed by atoms with Gasteiger partial charge in [0, 0.05) is 12.8 Å². The molecule has 0 saturated carbocycles. The van der Waals surface area contributed by atoms with Crippen LogP contribution in [0.2, 0.25) is 0 Å². The van der Waals surface area contributed by atoms with E-state index in [4.69, 9.17) is 21.7 Å². The number of carboxylic acids is 2. The van der Waals surface area contributed by atoms with Crippen molar-refractivity contribution in [3.05, 3.63) is 29.8 Å². The summed E-state index contributed by atoms with van der Waals surface area (Å²) in [7, 11) is 0. The van der Waals surface area contributed by atoms with E-state index >= 15 is 0 Å². The highest BCUT2D eigenvalue weighted by atomic mass is 16.4. The van der Waals surface area contributed by atoms with E-state index in [2.05, 4.69) is 16.0 Å². The third-order valence-corrected chi connectivity index (χ3v) is 4.78. The highest BCUT2D eigenvalue weighted by Gasteiger charge is 2.30. The van der Waals surface area contributed by atoms with E-state index in [1.807, 2.05) is 0 Å². The molecule has 4 atom stereocenters. The summed E-state index contributed by atoms with van der Waals surface area (Å²) >= 11 is 0. The fourth-order valence-corrected chi connectivity index (χ4v) is 2.82. The number of aromatic hydroxyl groups is 1. The van der Waals surface area contributed by atoms with E-state index < -0.39 is 66.2 Å². The molecule has 1 aromatic carbocycles. The summed E-state index contributed by atoms with van der Waals surface area (Å²) < 4.78 is 0. The van der Waals surface area contributed by atoms with Gasteiger partial charge in [-0.05, 0) is 31.0 Å². The summed E-state index contributed by atoms with van der Waals surface area (Å²) in [5, 5.41) is 34.0. The monoisotopic (exact) mass is 495 g/mol. The first kappa shape index (κ1) is 28.8. The molecule has 1 aromatic rings. The van der Waals surface area contributed by atoms with Crippen LogP contribution >= 0.6 is 0 Å². The lowest BCUT2D eigenvalue weighted by molar-refractivity contribution is -0.142. The lowest BCUT2D eigenvalue weighted by atomic mass is 10.0. The van der Waals surface area contributed by atoms with E-state index in [0.29, 0.717) is 5.56 Å². The first-order valence-corrected chi connectivity index (χ1v) is 10.5. The Kier molecular flexibility index (Phi) is 11.1. The number of benzene rings is 1. The van der Waals surface area contributed by atoms with Gasteiger partial charge in [0.25, 0.3) is 0 Å². The van der Waals surface area contributed by atoms with Crippen molar-refractivity contribution in [1.29, 1.82) is 0 Å². The van der Waals surface area contributed by atoms with E-state index in [1.165, 1.54) is 31.2 Å². The molecule has 4 amide bonds. The van der Waals surface area contributed by atoms with Gasteiger partial charge in [0.15, 0.2) is 0 Å². The minimum atomic E-state index is -1.54. The van der Waals surface area contributed by atoms with Crippen molar-refractivity contribution in [2.75, 3.05) is 0 Å². The van der Waals surface area contributed by atoms with Gasteiger partial charge in [0.1, 0.15) is 23.9 Å². The molecule has 0 bridgehead atoms. The number of hydrogen-bond donors (Lipinski definition) is 8. The van der Waals surface area contributed by atoms with Crippen molar-refractivity contribution in [3.8, 4) is 5.75 Å². The van der Waals surface area contributed by atoms with Gasteiger partial charge >= 0.3 is 11.9 Å². The number of carboxylic acid groups (broad SMARTS) is 2. The second-order valence-electron chi connectivity index (χ2n) is 7.77. The summed E-state index contributed by atoms with van der Waals surface area (Å²) in [4.78, 5) is 71.1. The van der Waals surface area contributed by atoms with Crippen LogP contribution < -0.4 is 27.4 Å². The van der Waals surface area contributed by atoms with Gasteiger partial charge in [-0.2, -0.15) is 0 Å². The van der Waals surface area contributed by atoms with Crippen LogP contribution in [0.15, 0.2) is 24.3 Å². The zero-order valence-electron chi connectivity index (χ0n) is 18.9. The molecule has 1 rings (SSSR count). The summed E-state index contributed by atoms with van der Waals surface area (Å²) in [5.41, 5.74) is 11.3. The van der Waals surface area contributed by atoms with Gasteiger partial charge in [-0.1, -0.05) is 12.1 Å². The smallest absolute Gasteiger partial charge is 0.325 e. The molecule has 10 N–H and O–H groups in total. The number of carbonyl (C=O) groups is 6. The number of phenols is 1. The van der Waals surface area contributed by atoms with Crippen LogP contribution in [0.1, 0.15) is 31.7 Å². The molecule has 35 heavy (non-hydrogen) atoms. The Hall–Kier alpha value is -4.20. The van der Waals surface area contributed by atoms with E-state index in [9.17, 15) is 33.9 Å². The molecule has 0 fully saturated rings. The van der Waals surface area contributed by atoms with Crippen LogP contribution in [-0.4, -0.2) is 75.1 Å². The zero-order valence-corrected chi connectivity index (χ0v) is 18.9. The predicted octanol–water partition coefficient (Wildman–Crippen LogP) is -2.44. The normalized spacial score (nSPS) is 14.0. The van der Waals surface area contributed by atoms with E-state index in [-0.39, 0.29) is 25.0 Å². The summed E-state index contributed by atoms with van der Waals surface area (Å²) in [6, 6.07) is 0.215. The Morgan fingerprint density at radius 1 is 0.886 bits per heavy atom. The number of carbonyl (C=O) groups excluding carboxylic acids is 4. The maximum absolute atomic E-state index is 13.0. The molecule has 0 radical (unpaired) electrons. The van der Waals surface area contributed by atoms with Crippen molar-refractivity contribution >= 4 is 35.6 Å². The van der Waals surface area contributed by atoms with Crippen molar-refractivity contribution in [3.63, 3.8) is 0 Å². The average Bonchev–Trinajstić information content (AvgIpc) is 2.77. The van der Waals surface area contributed by atoms with Crippen LogP contribution in [0.4, 0.5) is 0 Å². The zero-order chi connectivity index (χ0) is 26.7. The Labute approximate surface area is 200 Å². The summed E-state index contributed by atoms with van der Waals surface area (Å²) in [6.07, 6.45) is -1.36. The lowest BCUT2D eigenvalue weighted by Crippen LogP contribution is -2.58. The van der Waals surface area contributed by atoms with Crippen molar-refractivity contribution in [2.45, 2.75) is 56.8 Å². The maximum Gasteiger partial charge on any atom is 0.325 e. The number of aliphatic carboxylic acids is 2. The lowest BCUT2D eigenvalue weighted by Gasteiger charge is -2.24. The van der Waals surface area contributed by atoms with Gasteiger partial charge < -0.3 is 42.7 Å². The molecular formula is C21H29N5O9. The van der Waals surface area contributed by atoms with Crippen molar-refractivity contribution in [1.82, 2.24) is 16.0 Å². The van der Waals surface area contributed by atoms with Gasteiger partial charge in [0.2, 0.25) is 23.6 Å². The van der Waals surface area contributed by atoms with Crippen molar-refractivity contribution < 1.29 is 44.1 Å². The number of nitrogens with one attached hydrogen (secondary N) is 3. The molecule has 0 saturated heterocycles. The molecule has 192 valence electrons. The number of nitrogens with two attached hydrogens (primary N) is 2. The van der Waals surface area contributed by atoms with Crippen molar-refractivity contribution in [2.24, 2.45) is 11.5 Å². The average molecular weight is 495 g/mol. The molecule has 0 aromatic heterocycles. The molecular weight excluding hydrogens is 466 g/mol. The minimum absolute atomic E-state index is 0.0415. The SMILES string of the molecule is CC(NC(=O)C(CC(N)=O)NC(=O)C(Cc1ccc(O)cc1)NC(=O)C(N)CCC(=O)O)C(=O)O. The van der Waals surface area contributed by atoms with Crippen LogP contribution in [0, 0.1) is 0 Å². The van der Waals surface area contributed by atoms with Gasteiger partial charge in [-0.25, -0.2) is 0 Å². The molecule has 0 aliphatic carbocycles. The van der Waals surface area contributed by atoms with Gasteiger partial charge in [-0.3, -0.25) is 28.8 Å². The number of hydrogen-bond acceptors (Lipinski definition) is 8. The topological polar surface area (TPSA) is 251 Å². The molecule has 4 unspecified atom stereocenters. The molecule has 0 aliphatic rings. The molecule has 0 spiro atoms. The Morgan fingerprint density at radius 3 is 1.94 bits per heavy atom. The third-order valence-electron chi connectivity index (χ3n) is 4.78. The summed E-state index contributed by atoms with van der Waals surface area (Å²) in [5.74, 6) is -6.25. The third kappa shape index (κ3) is 10.5. The Morgan fingerprint density at radius 2 is 1.43 bits per heavy atom.